The lowest BCUT2D eigenvalue weighted by molar-refractivity contribution is 1.18. The summed E-state index contributed by atoms with van der Waals surface area (Å²) in [6.07, 6.45) is 0. The first-order chi connectivity index (χ1) is 71.4. The highest BCUT2D eigenvalue weighted by Crippen LogP contribution is 2.45. The van der Waals surface area contributed by atoms with Crippen LogP contribution in [0.4, 0.5) is 51.2 Å². The van der Waals surface area contributed by atoms with E-state index < -0.39 is 0 Å². The van der Waals surface area contributed by atoms with E-state index in [1.54, 1.807) is 0 Å². The van der Waals surface area contributed by atoms with E-state index >= 15 is 0 Å². The molecule has 0 bridgehead atoms. The minimum atomic E-state index is 1.11. The summed E-state index contributed by atoms with van der Waals surface area (Å²) in [5.41, 5.74) is 35.3. The molecule has 27 aromatic rings. The highest BCUT2D eigenvalue weighted by atomic mass is 15.2. The van der Waals surface area contributed by atoms with Gasteiger partial charge in [0, 0.05) is 101 Å². The molecule has 0 saturated heterocycles. The Labute approximate surface area is 837 Å². The first-order valence-corrected chi connectivity index (χ1v) is 49.3. The summed E-state index contributed by atoms with van der Waals surface area (Å²) in [7, 11) is 0. The van der Waals surface area contributed by atoms with Crippen molar-refractivity contribution in [3.63, 3.8) is 0 Å². The van der Waals surface area contributed by atoms with Crippen LogP contribution in [-0.2, 0) is 0 Å². The predicted molar refractivity (Wildman–Crippen MR) is 612 cm³/mol. The van der Waals surface area contributed by atoms with Crippen LogP contribution in [0, 0.1) is 0 Å². The van der Waals surface area contributed by atoms with Gasteiger partial charge in [-0.2, -0.15) is 0 Å². The van der Waals surface area contributed by atoms with Crippen LogP contribution >= 0.6 is 0 Å². The molecule has 0 aliphatic heterocycles. The molecule has 6 heteroatoms. The Bertz CT molecular complexity index is 9150. The van der Waals surface area contributed by atoms with E-state index in [2.05, 4.69) is 611 Å². The molecule has 0 saturated carbocycles. The van der Waals surface area contributed by atoms with Gasteiger partial charge in [-0.1, -0.05) is 388 Å². The van der Waals surface area contributed by atoms with Crippen molar-refractivity contribution < 1.29 is 0 Å². The molecule has 678 valence electrons. The Morgan fingerprint density at radius 2 is 0.319 bits per heavy atom. The molecule has 0 radical (unpaired) electrons. The van der Waals surface area contributed by atoms with Gasteiger partial charge in [0.2, 0.25) is 0 Å². The third-order valence-corrected chi connectivity index (χ3v) is 28.2. The molecule has 0 spiro atoms. The Hall–Kier alpha value is -19.1. The van der Waals surface area contributed by atoms with E-state index in [1.807, 2.05) is 0 Å². The maximum Gasteiger partial charge on any atom is 0.0541 e. The fraction of sp³-hybridized carbons (Fsp3) is 0. The van der Waals surface area contributed by atoms with Gasteiger partial charge in [0.25, 0.3) is 0 Å². The Morgan fingerprint density at radius 3 is 0.646 bits per heavy atom. The molecule has 3 heterocycles. The summed E-state index contributed by atoms with van der Waals surface area (Å²) in [5, 5.41) is 15.2. The van der Waals surface area contributed by atoms with Crippen molar-refractivity contribution in [3.8, 4) is 83.8 Å². The molecule has 0 aliphatic rings. The predicted octanol–water partition coefficient (Wildman–Crippen LogP) is 38.2. The molecular formula is C138H96N6. The van der Waals surface area contributed by atoms with Crippen molar-refractivity contribution in [1.29, 1.82) is 0 Å². The van der Waals surface area contributed by atoms with Crippen molar-refractivity contribution in [3.05, 3.63) is 582 Å². The maximum absolute atomic E-state index is 2.36. The zero-order valence-corrected chi connectivity index (χ0v) is 79.1. The van der Waals surface area contributed by atoms with Crippen LogP contribution in [-0.4, -0.2) is 13.7 Å². The van der Waals surface area contributed by atoms with Gasteiger partial charge >= 0.3 is 0 Å². The number of anilines is 9. The van der Waals surface area contributed by atoms with Crippen LogP contribution in [0.25, 0.3) is 182 Å². The fourth-order valence-electron chi connectivity index (χ4n) is 21.1. The number of hydrogen-bond donors (Lipinski definition) is 0. The van der Waals surface area contributed by atoms with Crippen LogP contribution in [0.15, 0.2) is 582 Å². The second kappa shape index (κ2) is 38.3. The molecule has 27 rings (SSSR count). The number of benzene rings is 24. The van der Waals surface area contributed by atoms with Gasteiger partial charge in [-0.05, 0) is 293 Å². The second-order valence-corrected chi connectivity index (χ2v) is 36.7. The highest BCUT2D eigenvalue weighted by molar-refractivity contribution is 6.12. The fourth-order valence-corrected chi connectivity index (χ4v) is 21.1. The van der Waals surface area contributed by atoms with Gasteiger partial charge in [0.05, 0.1) is 33.1 Å². The van der Waals surface area contributed by atoms with Gasteiger partial charge in [0.15, 0.2) is 0 Å². The summed E-state index contributed by atoms with van der Waals surface area (Å²) < 4.78 is 7.09. The lowest BCUT2D eigenvalue weighted by Crippen LogP contribution is -2.09. The number of fused-ring (bicyclic) bond motifs is 12. The molecule has 24 aromatic carbocycles. The lowest BCUT2D eigenvalue weighted by atomic mass is 9.98. The molecule has 0 amide bonds. The minimum Gasteiger partial charge on any atom is -0.311 e. The third-order valence-electron chi connectivity index (χ3n) is 28.2. The third kappa shape index (κ3) is 16.8. The number of hydrogen-bond acceptors (Lipinski definition) is 3. The SMILES string of the molecule is c1ccc(N(c2ccc(-c3ccc(-n4c5ccccc5c5ccccc54)cc3)cc2)c2ccc(-c3ccc4ccccc4c3)cc2)cc1.c1ccc(N(c2ccc(-c3ccc(-n4c5ccccc5c5ccccc54)cc3)cc2)c2ccc(-c3cccc4ccccc34)cc2)cc1.c1ccc(N(c2ccc(-c3ccc(-n4c5ccccc5c5ccccc54)cc3)cc2)c2cccc(-c3ccc4ccccc4c3)c2)cc1. The summed E-state index contributed by atoms with van der Waals surface area (Å²) in [5.74, 6) is 0. The van der Waals surface area contributed by atoms with Gasteiger partial charge in [-0.3, -0.25) is 0 Å². The van der Waals surface area contributed by atoms with Gasteiger partial charge in [0.1, 0.15) is 0 Å². The first kappa shape index (κ1) is 86.4. The maximum atomic E-state index is 2.36. The summed E-state index contributed by atoms with van der Waals surface area (Å²) in [4.78, 5) is 6.97. The zero-order valence-electron chi connectivity index (χ0n) is 79.1. The zero-order chi connectivity index (χ0) is 95.6. The minimum absolute atomic E-state index is 1.11. The normalized spacial score (nSPS) is 11.3. The molecule has 0 fully saturated rings. The van der Waals surface area contributed by atoms with E-state index in [4.69, 9.17) is 0 Å². The van der Waals surface area contributed by atoms with Crippen molar-refractivity contribution >= 4 is 149 Å². The van der Waals surface area contributed by atoms with Crippen LogP contribution in [0.2, 0.25) is 0 Å². The monoisotopic (exact) mass is 1840 g/mol. The van der Waals surface area contributed by atoms with Crippen LogP contribution in [0.3, 0.4) is 0 Å². The number of para-hydroxylation sites is 9. The average Bonchev–Trinajstić information content (AvgIpc) is 1.60. The number of nitrogens with zero attached hydrogens (tertiary/aromatic N) is 6. The highest BCUT2D eigenvalue weighted by Gasteiger charge is 2.22. The second-order valence-electron chi connectivity index (χ2n) is 36.7. The number of aromatic nitrogens is 3. The Morgan fingerprint density at radius 1 is 0.111 bits per heavy atom. The number of rotatable bonds is 18. The van der Waals surface area contributed by atoms with Crippen molar-refractivity contribution in [2.45, 2.75) is 0 Å². The van der Waals surface area contributed by atoms with E-state index in [1.165, 1.54) is 164 Å². The van der Waals surface area contributed by atoms with Gasteiger partial charge < -0.3 is 28.4 Å². The molecule has 0 aliphatic carbocycles. The molecular weight excluding hydrogens is 1740 g/mol. The summed E-state index contributed by atoms with van der Waals surface area (Å²) >= 11 is 0. The quantitative estimate of drug-likeness (QED) is 0.0856. The van der Waals surface area contributed by atoms with Crippen molar-refractivity contribution in [2.24, 2.45) is 0 Å². The Kier molecular flexibility index (Phi) is 23.0. The Balaban J connectivity index is 0.000000113. The average molecular weight is 1840 g/mol. The van der Waals surface area contributed by atoms with Crippen molar-refractivity contribution in [1.82, 2.24) is 13.7 Å². The summed E-state index contributed by atoms with van der Waals surface area (Å²) in [6.45, 7) is 0. The molecule has 6 nitrogen and oxygen atoms in total. The first-order valence-electron chi connectivity index (χ1n) is 49.3. The lowest BCUT2D eigenvalue weighted by Gasteiger charge is -2.26. The molecule has 0 N–H and O–H groups in total. The molecule has 0 unspecified atom stereocenters. The van der Waals surface area contributed by atoms with Crippen LogP contribution in [0.1, 0.15) is 0 Å². The summed E-state index contributed by atoms with van der Waals surface area (Å²) in [6, 6.07) is 209. The standard InChI is InChI=1S/3C46H32N2/c1-2-13-37(14-3-1)47(39-31-25-36(26-32-39)42-18-10-12-35-11-4-5-15-41(35)42)38-27-21-33(22-28-38)34-23-29-40(30-24-34)48-45-19-8-6-16-43(45)44-17-7-9-20-46(44)48;1-2-14-39(15-3-1)47(42-16-10-13-37(32-42)38-22-21-33-11-4-5-12-36(33)31-38)40-27-23-34(24-28-40)35-25-29-41(30-26-35)48-45-19-8-6-17-43(45)44-18-7-9-20-46(44)48;1-2-12-39(13-3-1)47(41-28-24-36(25-29-41)38-19-18-33-10-4-5-11-37(33)32-38)40-26-20-34(21-27-40)35-22-30-42(31-23-35)48-45-16-8-6-14-43(45)44-15-7-9-17-46(44)48/h3*1-32H. The van der Waals surface area contributed by atoms with Crippen LogP contribution in [0.5, 0.6) is 0 Å². The molecule has 0 atom stereocenters. The van der Waals surface area contributed by atoms with Crippen LogP contribution < -0.4 is 14.7 Å². The molecule has 144 heavy (non-hydrogen) atoms. The van der Waals surface area contributed by atoms with E-state index in [0.29, 0.717) is 0 Å². The topological polar surface area (TPSA) is 24.5 Å². The smallest absolute Gasteiger partial charge is 0.0541 e. The largest absolute Gasteiger partial charge is 0.311 e. The van der Waals surface area contributed by atoms with Gasteiger partial charge in [-0.25, -0.2) is 0 Å². The molecule has 3 aromatic heterocycles. The van der Waals surface area contributed by atoms with Gasteiger partial charge in [-0.15, -0.1) is 0 Å². The van der Waals surface area contributed by atoms with E-state index in [9.17, 15) is 0 Å². The van der Waals surface area contributed by atoms with Crippen molar-refractivity contribution in [2.75, 3.05) is 14.7 Å². The van der Waals surface area contributed by atoms with E-state index in [-0.39, 0.29) is 0 Å². The van der Waals surface area contributed by atoms with E-state index in [0.717, 1.165) is 68.2 Å².